The van der Waals surface area contributed by atoms with Gasteiger partial charge in [-0.15, -0.1) is 0 Å². The van der Waals surface area contributed by atoms with Crippen molar-refractivity contribution in [3.05, 3.63) is 24.0 Å². The van der Waals surface area contributed by atoms with Crippen molar-refractivity contribution in [2.24, 2.45) is 5.73 Å². The molecule has 7 nitrogen and oxygen atoms in total. The van der Waals surface area contributed by atoms with Gasteiger partial charge in [-0.1, -0.05) is 0 Å². The fourth-order valence-corrected chi connectivity index (χ4v) is 4.67. The molecule has 0 saturated heterocycles. The highest BCUT2D eigenvalue weighted by Crippen LogP contribution is 2.45. The smallest absolute Gasteiger partial charge is 0.258 e. The summed E-state index contributed by atoms with van der Waals surface area (Å²) in [4.78, 5) is 12.0. The zero-order valence-electron chi connectivity index (χ0n) is 14.5. The van der Waals surface area contributed by atoms with Crippen LogP contribution >= 0.6 is 0 Å². The molecule has 0 spiro atoms. The highest BCUT2D eigenvalue weighted by Gasteiger charge is 2.52. The van der Waals surface area contributed by atoms with E-state index in [1.165, 1.54) is 6.07 Å². The van der Waals surface area contributed by atoms with Gasteiger partial charge >= 0.3 is 0 Å². The minimum atomic E-state index is -3.70. The second-order valence-corrected chi connectivity index (χ2v) is 9.42. The molecule has 4 N–H and O–H groups in total. The van der Waals surface area contributed by atoms with Crippen LogP contribution in [0, 0.1) is 5.82 Å². The SMILES string of the molecule is CS(=O)(=O)c1cc(F)ccc1OCC(=O)NC12CCC(N)(CC1)[C@@H](O)C2. The van der Waals surface area contributed by atoms with E-state index >= 15 is 0 Å². The maximum atomic E-state index is 13.3. The standard InChI is InChI=1S/C17H23FN2O5S/c1-26(23,24)13-8-11(18)2-3-12(13)25-10-15(22)20-16-4-6-17(19,7-5-16)14(21)9-16/h2-3,8,14,21H,4-7,9-10,19H2,1H3,(H,20,22)/t14-,16?,17?/m0/s1. The average molecular weight is 386 g/mol. The minimum Gasteiger partial charge on any atom is -0.482 e. The molecule has 26 heavy (non-hydrogen) atoms. The summed E-state index contributed by atoms with van der Waals surface area (Å²) in [5.74, 6) is -1.20. The van der Waals surface area contributed by atoms with Gasteiger partial charge in [-0.25, -0.2) is 12.8 Å². The molecule has 0 radical (unpaired) electrons. The van der Waals surface area contributed by atoms with Crippen LogP contribution < -0.4 is 15.8 Å². The Bertz CT molecular complexity index is 818. The number of nitrogens with two attached hydrogens (primary N) is 1. The molecular weight excluding hydrogens is 363 g/mol. The first kappa shape index (κ1) is 19.1. The monoisotopic (exact) mass is 386 g/mol. The maximum absolute atomic E-state index is 13.3. The summed E-state index contributed by atoms with van der Waals surface area (Å²) in [6, 6.07) is 3.12. The van der Waals surface area contributed by atoms with Gasteiger partial charge in [0.15, 0.2) is 16.4 Å². The van der Waals surface area contributed by atoms with E-state index in [9.17, 15) is 22.7 Å². The molecule has 0 heterocycles. The number of aliphatic hydroxyl groups excluding tert-OH is 1. The van der Waals surface area contributed by atoms with Gasteiger partial charge < -0.3 is 20.9 Å². The Kier molecular flexibility index (Phi) is 4.74. The molecule has 1 aromatic carbocycles. The van der Waals surface area contributed by atoms with Gasteiger partial charge in [-0.05, 0) is 50.3 Å². The van der Waals surface area contributed by atoms with Gasteiger partial charge in [-0.2, -0.15) is 0 Å². The number of ether oxygens (including phenoxy) is 1. The number of rotatable bonds is 5. The maximum Gasteiger partial charge on any atom is 0.258 e. The van der Waals surface area contributed by atoms with Crippen LogP contribution in [0.15, 0.2) is 23.1 Å². The van der Waals surface area contributed by atoms with E-state index in [1.54, 1.807) is 0 Å². The molecule has 9 heteroatoms. The summed E-state index contributed by atoms with van der Waals surface area (Å²) in [5, 5.41) is 13.1. The van der Waals surface area contributed by atoms with Crippen molar-refractivity contribution < 1.29 is 27.4 Å². The van der Waals surface area contributed by atoms with Gasteiger partial charge in [0.2, 0.25) is 0 Å². The predicted octanol–water partition coefficient (Wildman–Crippen LogP) is 0.499. The molecule has 3 aliphatic rings. The van der Waals surface area contributed by atoms with Crippen molar-refractivity contribution in [1.82, 2.24) is 5.32 Å². The van der Waals surface area contributed by atoms with Crippen molar-refractivity contribution in [2.75, 3.05) is 12.9 Å². The summed E-state index contributed by atoms with van der Waals surface area (Å²) in [6.07, 6.45) is 3.28. The van der Waals surface area contributed by atoms with Crippen LogP contribution in [-0.2, 0) is 14.6 Å². The minimum absolute atomic E-state index is 0.0742. The van der Waals surface area contributed by atoms with Crippen LogP contribution in [0.1, 0.15) is 32.1 Å². The molecule has 144 valence electrons. The Morgan fingerprint density at radius 3 is 2.62 bits per heavy atom. The van der Waals surface area contributed by atoms with Crippen LogP contribution in [0.5, 0.6) is 5.75 Å². The number of hydrogen-bond donors (Lipinski definition) is 3. The molecule has 2 bridgehead atoms. The summed E-state index contributed by atoms with van der Waals surface area (Å²) < 4.78 is 42.1. The molecule has 3 saturated carbocycles. The zero-order valence-corrected chi connectivity index (χ0v) is 15.3. The van der Waals surface area contributed by atoms with Crippen LogP contribution in [0.4, 0.5) is 4.39 Å². The number of fused-ring (bicyclic) bond motifs is 3. The molecule has 0 unspecified atom stereocenters. The lowest BCUT2D eigenvalue weighted by Crippen LogP contribution is -2.68. The number of sulfone groups is 1. The van der Waals surface area contributed by atoms with E-state index in [1.807, 2.05) is 0 Å². The second-order valence-electron chi connectivity index (χ2n) is 7.43. The van der Waals surface area contributed by atoms with Gasteiger partial charge in [0.25, 0.3) is 5.91 Å². The summed E-state index contributed by atoms with van der Waals surface area (Å²) in [7, 11) is -3.70. The van der Waals surface area contributed by atoms with Crippen molar-refractivity contribution in [2.45, 2.75) is 54.2 Å². The van der Waals surface area contributed by atoms with Crippen molar-refractivity contribution in [3.8, 4) is 5.75 Å². The summed E-state index contributed by atoms with van der Waals surface area (Å²) in [5.41, 5.74) is 5.08. The molecule has 4 rings (SSSR count). The zero-order chi connectivity index (χ0) is 19.2. The van der Waals surface area contributed by atoms with E-state index in [0.29, 0.717) is 32.1 Å². The molecular formula is C17H23FN2O5S. The van der Waals surface area contributed by atoms with E-state index in [0.717, 1.165) is 18.4 Å². The molecule has 1 aromatic rings. The number of aliphatic hydroxyl groups is 1. The Labute approximate surface area is 151 Å². The van der Waals surface area contributed by atoms with Gasteiger partial charge in [-0.3, -0.25) is 4.79 Å². The number of halogens is 1. The summed E-state index contributed by atoms with van der Waals surface area (Å²) in [6.45, 7) is -0.403. The van der Waals surface area contributed by atoms with E-state index < -0.39 is 45.4 Å². The highest BCUT2D eigenvalue weighted by atomic mass is 32.2. The number of carbonyl (C=O) groups excluding carboxylic acids is 1. The topological polar surface area (TPSA) is 119 Å². The number of benzene rings is 1. The predicted molar refractivity (Wildman–Crippen MR) is 91.9 cm³/mol. The van der Waals surface area contributed by atoms with Gasteiger partial charge in [0, 0.05) is 17.3 Å². The first-order valence-corrected chi connectivity index (χ1v) is 10.3. The fraction of sp³-hybridized carbons (Fsp3) is 0.588. The average Bonchev–Trinajstić information content (AvgIpc) is 2.55. The van der Waals surface area contributed by atoms with E-state index in [4.69, 9.17) is 10.5 Å². The molecule has 1 atom stereocenters. The van der Waals surface area contributed by atoms with Crippen molar-refractivity contribution >= 4 is 15.7 Å². The number of hydrogen-bond acceptors (Lipinski definition) is 6. The van der Waals surface area contributed by atoms with Crippen LogP contribution in [-0.4, -0.2) is 49.5 Å². The molecule has 3 fully saturated rings. The first-order valence-electron chi connectivity index (χ1n) is 8.43. The number of nitrogens with one attached hydrogen (secondary N) is 1. The Morgan fingerprint density at radius 2 is 2.04 bits per heavy atom. The lowest BCUT2D eigenvalue weighted by molar-refractivity contribution is -0.128. The van der Waals surface area contributed by atoms with E-state index in [2.05, 4.69) is 5.32 Å². The van der Waals surface area contributed by atoms with Gasteiger partial charge in [0.1, 0.15) is 16.5 Å². The Morgan fingerprint density at radius 1 is 1.38 bits per heavy atom. The third kappa shape index (κ3) is 3.70. The van der Waals surface area contributed by atoms with Crippen LogP contribution in [0.2, 0.25) is 0 Å². The number of amides is 1. The summed E-state index contributed by atoms with van der Waals surface area (Å²) >= 11 is 0. The normalized spacial score (nSPS) is 30.8. The Balaban J connectivity index is 1.66. The number of carbonyl (C=O) groups is 1. The molecule has 0 aliphatic heterocycles. The van der Waals surface area contributed by atoms with Crippen molar-refractivity contribution in [3.63, 3.8) is 0 Å². The highest BCUT2D eigenvalue weighted by molar-refractivity contribution is 7.90. The van der Waals surface area contributed by atoms with Gasteiger partial charge in [0.05, 0.1) is 6.10 Å². The quantitative estimate of drug-likeness (QED) is 0.678. The molecule has 3 aliphatic carbocycles. The van der Waals surface area contributed by atoms with Crippen LogP contribution in [0.3, 0.4) is 0 Å². The lowest BCUT2D eigenvalue weighted by Gasteiger charge is -2.54. The third-order valence-corrected chi connectivity index (χ3v) is 6.57. The van der Waals surface area contributed by atoms with Crippen LogP contribution in [0.25, 0.3) is 0 Å². The van der Waals surface area contributed by atoms with Crippen molar-refractivity contribution in [1.29, 1.82) is 0 Å². The van der Waals surface area contributed by atoms with E-state index in [-0.39, 0.29) is 10.6 Å². The third-order valence-electron chi connectivity index (χ3n) is 5.45. The fourth-order valence-electron chi connectivity index (χ4n) is 3.85. The first-order chi connectivity index (χ1) is 12.0. The molecule has 1 amide bonds. The molecule has 0 aromatic heterocycles. The second kappa shape index (κ2) is 6.47. The lowest BCUT2D eigenvalue weighted by atomic mass is 9.60. The Hall–Kier alpha value is -1.71. The largest absolute Gasteiger partial charge is 0.482 e.